The predicted molar refractivity (Wildman–Crippen MR) is 102 cm³/mol. The van der Waals surface area contributed by atoms with Crippen molar-refractivity contribution in [2.24, 2.45) is 0 Å². The molecule has 3 aromatic rings. The zero-order valence-corrected chi connectivity index (χ0v) is 15.2. The Kier molecular flexibility index (Phi) is 4.83. The fourth-order valence-electron chi connectivity index (χ4n) is 2.88. The van der Waals surface area contributed by atoms with Crippen LogP contribution in [-0.4, -0.2) is 11.8 Å². The third kappa shape index (κ3) is 3.36. The van der Waals surface area contributed by atoms with E-state index in [2.05, 4.69) is 0 Å². The Morgan fingerprint density at radius 1 is 0.857 bits per heavy atom. The lowest BCUT2D eigenvalue weighted by molar-refractivity contribution is -0.119. The van der Waals surface area contributed by atoms with Crippen LogP contribution >= 0.6 is 11.8 Å². The highest BCUT2D eigenvalue weighted by atomic mass is 32.2. The van der Waals surface area contributed by atoms with Crippen molar-refractivity contribution >= 4 is 34.8 Å². The number of carbonyl (C=O) groups is 2. The van der Waals surface area contributed by atoms with Gasteiger partial charge in [-0.1, -0.05) is 12.1 Å². The van der Waals surface area contributed by atoms with Gasteiger partial charge in [-0.3, -0.25) is 9.59 Å². The van der Waals surface area contributed by atoms with Crippen molar-refractivity contribution in [1.82, 2.24) is 0 Å². The van der Waals surface area contributed by atoms with Gasteiger partial charge in [-0.15, -0.1) is 11.8 Å². The van der Waals surface area contributed by atoms with Gasteiger partial charge < -0.3 is 4.42 Å². The third-order valence-electron chi connectivity index (χ3n) is 4.20. The Balaban J connectivity index is 1.74. The van der Waals surface area contributed by atoms with Gasteiger partial charge in [0, 0.05) is 0 Å². The largest absolute Gasteiger partial charge is 0.468 e. The molecule has 0 aliphatic carbocycles. The number of rotatable bonds is 5. The number of anilines is 1. The van der Waals surface area contributed by atoms with Crippen molar-refractivity contribution in [3.8, 4) is 0 Å². The van der Waals surface area contributed by atoms with E-state index in [0.717, 1.165) is 4.90 Å². The molecule has 0 N–H and O–H groups in total. The summed E-state index contributed by atoms with van der Waals surface area (Å²) in [6.45, 7) is 0. The summed E-state index contributed by atoms with van der Waals surface area (Å²) in [6, 6.07) is 14.0. The van der Waals surface area contributed by atoms with Crippen LogP contribution in [0, 0.1) is 11.6 Å². The van der Waals surface area contributed by atoms with Crippen LogP contribution in [0.25, 0.3) is 5.57 Å². The van der Waals surface area contributed by atoms with E-state index in [1.54, 1.807) is 12.1 Å². The van der Waals surface area contributed by atoms with Crippen LogP contribution < -0.4 is 4.90 Å². The Morgan fingerprint density at radius 2 is 1.50 bits per heavy atom. The maximum Gasteiger partial charge on any atom is 0.272 e. The Morgan fingerprint density at radius 3 is 2.11 bits per heavy atom. The maximum absolute atomic E-state index is 13.3. The van der Waals surface area contributed by atoms with Gasteiger partial charge in [-0.05, 0) is 54.1 Å². The molecule has 0 saturated carbocycles. The van der Waals surface area contributed by atoms with Gasteiger partial charge in [-0.2, -0.15) is 0 Å². The average Bonchev–Trinajstić information content (AvgIpc) is 3.28. The summed E-state index contributed by atoms with van der Waals surface area (Å²) in [6.07, 6.45) is 1.53. The van der Waals surface area contributed by atoms with Crippen LogP contribution in [0.2, 0.25) is 0 Å². The summed E-state index contributed by atoms with van der Waals surface area (Å²) in [5.74, 6) is -0.957. The number of hydrogen-bond acceptors (Lipinski definition) is 4. The number of benzene rings is 2. The minimum atomic E-state index is -0.537. The Hall–Kier alpha value is -3.19. The highest BCUT2D eigenvalue weighted by Gasteiger charge is 2.40. The molecule has 4 rings (SSSR count). The van der Waals surface area contributed by atoms with Gasteiger partial charge in [0.05, 0.1) is 28.2 Å². The van der Waals surface area contributed by atoms with Crippen molar-refractivity contribution in [3.05, 3.63) is 94.8 Å². The summed E-state index contributed by atoms with van der Waals surface area (Å²) in [5.41, 5.74) is 0.891. The average molecular weight is 397 g/mol. The Labute approximate surface area is 163 Å². The van der Waals surface area contributed by atoms with E-state index >= 15 is 0 Å². The van der Waals surface area contributed by atoms with Crippen LogP contribution in [0.4, 0.5) is 14.5 Å². The van der Waals surface area contributed by atoms with Crippen LogP contribution in [0.1, 0.15) is 11.3 Å². The molecule has 1 aliphatic heterocycles. The molecule has 140 valence electrons. The molecule has 0 unspecified atom stereocenters. The lowest BCUT2D eigenvalue weighted by atomic mass is 10.1. The minimum Gasteiger partial charge on any atom is -0.468 e. The lowest BCUT2D eigenvalue weighted by Gasteiger charge is -2.15. The fourth-order valence-corrected chi connectivity index (χ4v) is 3.89. The second-order valence-corrected chi connectivity index (χ2v) is 6.99. The van der Waals surface area contributed by atoms with E-state index in [-0.39, 0.29) is 16.2 Å². The van der Waals surface area contributed by atoms with Gasteiger partial charge in [0.15, 0.2) is 0 Å². The zero-order valence-electron chi connectivity index (χ0n) is 14.4. The standard InChI is InChI=1S/C21H13F2NO3S/c22-14-5-3-13(4-6-14)18-19(28-12-17-2-1-11-27-17)21(26)24(20(18)25)16-9-7-15(23)8-10-16/h1-11H,12H2. The summed E-state index contributed by atoms with van der Waals surface area (Å²) >= 11 is 1.17. The molecule has 2 amide bonds. The highest BCUT2D eigenvalue weighted by Crippen LogP contribution is 2.39. The van der Waals surface area contributed by atoms with E-state index in [0.29, 0.717) is 17.1 Å². The topological polar surface area (TPSA) is 50.5 Å². The number of thioether (sulfide) groups is 1. The molecule has 1 aromatic heterocycles. The van der Waals surface area contributed by atoms with Crippen molar-refractivity contribution in [1.29, 1.82) is 0 Å². The Bertz CT molecular complexity index is 1060. The summed E-state index contributed by atoms with van der Waals surface area (Å²) < 4.78 is 31.9. The van der Waals surface area contributed by atoms with E-state index in [4.69, 9.17) is 4.42 Å². The first-order valence-electron chi connectivity index (χ1n) is 8.34. The normalized spacial score (nSPS) is 14.3. The first-order valence-corrected chi connectivity index (χ1v) is 9.33. The molecule has 1 aliphatic rings. The molecule has 0 bridgehead atoms. The molecule has 7 heteroatoms. The summed E-state index contributed by atoms with van der Waals surface area (Å²) in [4.78, 5) is 27.4. The first kappa shape index (κ1) is 18.2. The van der Waals surface area contributed by atoms with Crippen LogP contribution in [0.15, 0.2) is 76.2 Å². The molecule has 0 atom stereocenters. The quantitative estimate of drug-likeness (QED) is 0.582. The molecule has 2 heterocycles. The van der Waals surface area contributed by atoms with E-state index in [1.807, 2.05) is 0 Å². The van der Waals surface area contributed by atoms with Crippen molar-refractivity contribution in [2.75, 3.05) is 4.90 Å². The molecular weight excluding hydrogens is 384 g/mol. The molecule has 0 radical (unpaired) electrons. The first-order chi connectivity index (χ1) is 13.5. The number of nitrogens with zero attached hydrogens (tertiary/aromatic N) is 1. The molecule has 4 nitrogen and oxygen atoms in total. The predicted octanol–water partition coefficient (Wildman–Crippen LogP) is 4.78. The monoisotopic (exact) mass is 397 g/mol. The number of furan rings is 1. The molecule has 0 saturated heterocycles. The van der Waals surface area contributed by atoms with Crippen molar-refractivity contribution in [2.45, 2.75) is 5.75 Å². The van der Waals surface area contributed by atoms with Crippen molar-refractivity contribution < 1.29 is 22.8 Å². The SMILES string of the molecule is O=C1C(SCc2ccco2)=C(c2ccc(F)cc2)C(=O)N1c1ccc(F)cc1. The van der Waals surface area contributed by atoms with Crippen LogP contribution in [0.3, 0.4) is 0 Å². The third-order valence-corrected chi connectivity index (χ3v) is 5.29. The van der Waals surface area contributed by atoms with Crippen molar-refractivity contribution in [3.63, 3.8) is 0 Å². The number of imide groups is 1. The molecule has 2 aromatic carbocycles. The number of amides is 2. The lowest BCUT2D eigenvalue weighted by Crippen LogP contribution is -2.31. The van der Waals surface area contributed by atoms with E-state index < -0.39 is 23.4 Å². The number of halogens is 2. The summed E-state index contributed by atoms with van der Waals surface area (Å²) in [7, 11) is 0. The van der Waals surface area contributed by atoms with Gasteiger partial charge >= 0.3 is 0 Å². The minimum absolute atomic E-state index is 0.186. The highest BCUT2D eigenvalue weighted by molar-refractivity contribution is 8.03. The molecule has 0 fully saturated rings. The molecular formula is C21H13F2NO3S. The van der Waals surface area contributed by atoms with E-state index in [9.17, 15) is 18.4 Å². The van der Waals surface area contributed by atoms with Crippen LogP contribution in [-0.2, 0) is 15.3 Å². The number of carbonyl (C=O) groups excluding carboxylic acids is 2. The molecule has 0 spiro atoms. The second kappa shape index (κ2) is 7.44. The number of hydrogen-bond donors (Lipinski definition) is 0. The van der Waals surface area contributed by atoms with E-state index in [1.165, 1.54) is 66.6 Å². The van der Waals surface area contributed by atoms with Gasteiger partial charge in [0.25, 0.3) is 11.8 Å². The second-order valence-electron chi connectivity index (χ2n) is 6.00. The van der Waals surface area contributed by atoms with Gasteiger partial charge in [-0.25, -0.2) is 13.7 Å². The summed E-state index contributed by atoms with van der Waals surface area (Å²) in [5, 5.41) is 0. The maximum atomic E-state index is 13.3. The zero-order chi connectivity index (χ0) is 19.7. The smallest absolute Gasteiger partial charge is 0.272 e. The fraction of sp³-hybridized carbons (Fsp3) is 0.0476. The van der Waals surface area contributed by atoms with Crippen LogP contribution in [0.5, 0.6) is 0 Å². The van der Waals surface area contributed by atoms with Gasteiger partial charge in [0.1, 0.15) is 17.4 Å². The molecule has 28 heavy (non-hydrogen) atoms. The van der Waals surface area contributed by atoms with Gasteiger partial charge in [0.2, 0.25) is 0 Å².